The molecule has 1 radical (unpaired) electrons. The van der Waals surface area contributed by atoms with Crippen LogP contribution in [0.5, 0.6) is 0 Å². The van der Waals surface area contributed by atoms with Gasteiger partial charge in [0.2, 0.25) is 0 Å². The first-order valence-corrected chi connectivity index (χ1v) is 4.70. The van der Waals surface area contributed by atoms with Gasteiger partial charge in [0, 0.05) is 25.8 Å². The average Bonchev–Trinajstić information content (AvgIpc) is 2.47. The summed E-state index contributed by atoms with van der Waals surface area (Å²) in [6, 6.07) is 11.0. The van der Waals surface area contributed by atoms with Crippen LogP contribution in [0.3, 0.4) is 0 Å². The van der Waals surface area contributed by atoms with E-state index in [9.17, 15) is 0 Å². The second kappa shape index (κ2) is 4.73. The second-order valence-electron chi connectivity index (χ2n) is 3.46. The van der Waals surface area contributed by atoms with Gasteiger partial charge in [0.25, 0.3) is 0 Å². The van der Waals surface area contributed by atoms with Gasteiger partial charge in [-0.15, -0.1) is 6.07 Å². The zero-order chi connectivity index (χ0) is 10.1. The van der Waals surface area contributed by atoms with E-state index in [1.807, 2.05) is 35.9 Å². The summed E-state index contributed by atoms with van der Waals surface area (Å²) in [5.74, 6) is 0. The molecule has 0 aliphatic heterocycles. The van der Waals surface area contributed by atoms with E-state index in [2.05, 4.69) is 25.0 Å². The molecule has 0 bridgehead atoms. The molecule has 0 aliphatic rings. The third-order valence-electron chi connectivity index (χ3n) is 2.57. The number of rotatable bonds is 1. The molecule has 0 fully saturated rings. The molecule has 3 heteroatoms. The molecule has 0 spiro atoms. The van der Waals surface area contributed by atoms with E-state index in [4.69, 9.17) is 0 Å². The van der Waals surface area contributed by atoms with Crippen molar-refractivity contribution in [1.82, 2.24) is 9.78 Å². The SMILES string of the molecule is Cc1nn(-c2[c-]cccc2)c(C)c1C.[Ir]. The molecule has 0 amide bonds. The molecule has 0 saturated carbocycles. The molecular formula is C12H13IrN2-. The number of para-hydroxylation sites is 1. The minimum atomic E-state index is 0. The van der Waals surface area contributed by atoms with E-state index >= 15 is 0 Å². The normalized spacial score (nSPS) is 9.80. The molecule has 0 saturated heterocycles. The molecule has 2 aromatic rings. The van der Waals surface area contributed by atoms with Crippen molar-refractivity contribution in [3.8, 4) is 5.69 Å². The second-order valence-corrected chi connectivity index (χ2v) is 3.46. The third kappa shape index (κ3) is 2.19. The summed E-state index contributed by atoms with van der Waals surface area (Å²) in [7, 11) is 0. The van der Waals surface area contributed by atoms with Crippen molar-refractivity contribution < 1.29 is 20.1 Å². The molecule has 1 aromatic heterocycles. The van der Waals surface area contributed by atoms with Gasteiger partial charge in [-0.2, -0.15) is 29.4 Å². The van der Waals surface area contributed by atoms with Gasteiger partial charge < -0.3 is 0 Å². The maximum Gasteiger partial charge on any atom is 0.0629 e. The van der Waals surface area contributed by atoms with Crippen LogP contribution in [0.1, 0.15) is 17.0 Å². The van der Waals surface area contributed by atoms with Gasteiger partial charge in [-0.05, 0) is 32.0 Å². The van der Waals surface area contributed by atoms with Gasteiger partial charge in [0.15, 0.2) is 0 Å². The number of nitrogens with zero attached hydrogens (tertiary/aromatic N) is 2. The summed E-state index contributed by atoms with van der Waals surface area (Å²) >= 11 is 0. The van der Waals surface area contributed by atoms with Crippen LogP contribution in [0.4, 0.5) is 0 Å². The van der Waals surface area contributed by atoms with Crippen LogP contribution in [0.2, 0.25) is 0 Å². The zero-order valence-corrected chi connectivity index (χ0v) is 11.4. The van der Waals surface area contributed by atoms with Gasteiger partial charge in [-0.25, -0.2) is 0 Å². The first-order valence-electron chi connectivity index (χ1n) is 4.70. The maximum atomic E-state index is 4.47. The molecule has 0 N–H and O–H groups in total. The van der Waals surface area contributed by atoms with Gasteiger partial charge in [-0.1, -0.05) is 0 Å². The largest absolute Gasteiger partial charge is 0.262 e. The summed E-state index contributed by atoms with van der Waals surface area (Å²) in [5.41, 5.74) is 4.52. The fourth-order valence-corrected chi connectivity index (χ4v) is 1.47. The topological polar surface area (TPSA) is 17.8 Å². The van der Waals surface area contributed by atoms with Crippen LogP contribution in [0, 0.1) is 26.8 Å². The van der Waals surface area contributed by atoms with Crippen LogP contribution in [-0.2, 0) is 20.1 Å². The molecule has 0 unspecified atom stereocenters. The van der Waals surface area contributed by atoms with E-state index in [1.54, 1.807) is 0 Å². The third-order valence-corrected chi connectivity index (χ3v) is 2.57. The number of benzene rings is 1. The van der Waals surface area contributed by atoms with Crippen molar-refractivity contribution in [2.75, 3.05) is 0 Å². The minimum absolute atomic E-state index is 0. The van der Waals surface area contributed by atoms with Gasteiger partial charge in [-0.3, -0.25) is 4.68 Å². The zero-order valence-electron chi connectivity index (χ0n) is 9.04. The number of aromatic nitrogens is 2. The Morgan fingerprint density at radius 2 is 1.93 bits per heavy atom. The van der Waals surface area contributed by atoms with Crippen molar-refractivity contribution in [2.24, 2.45) is 0 Å². The summed E-state index contributed by atoms with van der Waals surface area (Å²) in [6.07, 6.45) is 0. The summed E-state index contributed by atoms with van der Waals surface area (Å²) in [5, 5.41) is 4.47. The van der Waals surface area contributed by atoms with Crippen LogP contribution in [0.25, 0.3) is 5.69 Å². The van der Waals surface area contributed by atoms with E-state index in [0.717, 1.165) is 11.4 Å². The molecule has 1 heterocycles. The fraction of sp³-hybridized carbons (Fsp3) is 0.250. The summed E-state index contributed by atoms with van der Waals surface area (Å²) in [6.45, 7) is 6.20. The van der Waals surface area contributed by atoms with Crippen LogP contribution in [-0.4, -0.2) is 9.78 Å². The van der Waals surface area contributed by atoms with Crippen molar-refractivity contribution in [3.05, 3.63) is 47.3 Å². The molecule has 0 atom stereocenters. The van der Waals surface area contributed by atoms with E-state index in [1.165, 1.54) is 11.3 Å². The van der Waals surface area contributed by atoms with E-state index in [-0.39, 0.29) is 20.1 Å². The Bertz CT molecular complexity index is 446. The number of hydrogen-bond acceptors (Lipinski definition) is 1. The van der Waals surface area contributed by atoms with Crippen molar-refractivity contribution >= 4 is 0 Å². The molecular weight excluding hydrogens is 364 g/mol. The average molecular weight is 377 g/mol. The van der Waals surface area contributed by atoms with E-state index in [0.29, 0.717) is 0 Å². The monoisotopic (exact) mass is 378 g/mol. The first kappa shape index (κ1) is 12.2. The predicted octanol–water partition coefficient (Wildman–Crippen LogP) is 2.60. The molecule has 81 valence electrons. The standard InChI is InChI=1S/C12H13N2.Ir/c1-9-10(2)13-14(11(9)3)12-7-5-4-6-8-12;/h4-7H,1-3H3;/q-1;. The van der Waals surface area contributed by atoms with Crippen LogP contribution < -0.4 is 0 Å². The van der Waals surface area contributed by atoms with Crippen molar-refractivity contribution in [3.63, 3.8) is 0 Å². The Kier molecular flexibility index (Phi) is 3.83. The van der Waals surface area contributed by atoms with Crippen molar-refractivity contribution in [2.45, 2.75) is 20.8 Å². The predicted molar refractivity (Wildman–Crippen MR) is 56.6 cm³/mol. The minimum Gasteiger partial charge on any atom is -0.262 e. The molecule has 1 aromatic carbocycles. The molecule has 0 aliphatic carbocycles. The first-order chi connectivity index (χ1) is 6.70. The Balaban J connectivity index is 0.00000112. The van der Waals surface area contributed by atoms with Crippen LogP contribution in [0.15, 0.2) is 24.3 Å². The Hall–Kier alpha value is -0.921. The smallest absolute Gasteiger partial charge is 0.0629 e. The van der Waals surface area contributed by atoms with Gasteiger partial charge in [0.05, 0.1) is 5.69 Å². The summed E-state index contributed by atoms with van der Waals surface area (Å²) in [4.78, 5) is 0. The Morgan fingerprint density at radius 3 is 2.40 bits per heavy atom. The van der Waals surface area contributed by atoms with Gasteiger partial charge in [0.1, 0.15) is 0 Å². The number of aryl methyl sites for hydroxylation is 1. The maximum absolute atomic E-state index is 4.47. The quantitative estimate of drug-likeness (QED) is 0.699. The van der Waals surface area contributed by atoms with Crippen LogP contribution >= 0.6 is 0 Å². The fourth-order valence-electron chi connectivity index (χ4n) is 1.47. The van der Waals surface area contributed by atoms with Gasteiger partial charge >= 0.3 is 0 Å². The summed E-state index contributed by atoms with van der Waals surface area (Å²) < 4.78 is 1.94. The number of hydrogen-bond donors (Lipinski definition) is 0. The van der Waals surface area contributed by atoms with Crippen molar-refractivity contribution in [1.29, 1.82) is 0 Å². The van der Waals surface area contributed by atoms with E-state index < -0.39 is 0 Å². The molecule has 15 heavy (non-hydrogen) atoms. The molecule has 2 nitrogen and oxygen atoms in total. The molecule has 2 rings (SSSR count). The Labute approximate surface area is 104 Å². The Morgan fingerprint density at radius 1 is 1.20 bits per heavy atom.